The van der Waals surface area contributed by atoms with Crippen LogP contribution in [0.4, 0.5) is 0 Å². The van der Waals surface area contributed by atoms with Crippen molar-refractivity contribution in [3.05, 3.63) is 18.0 Å². The van der Waals surface area contributed by atoms with Gasteiger partial charge in [-0.2, -0.15) is 4.31 Å². The third-order valence-corrected chi connectivity index (χ3v) is 5.53. The molecule has 20 heavy (non-hydrogen) atoms. The molecule has 0 radical (unpaired) electrons. The Hall–Kier alpha value is -1.34. The third-order valence-electron chi connectivity index (χ3n) is 3.70. The lowest BCUT2D eigenvalue weighted by molar-refractivity contribution is 0.0955. The lowest BCUT2D eigenvalue weighted by Crippen LogP contribution is -2.38. The van der Waals surface area contributed by atoms with Crippen molar-refractivity contribution >= 4 is 15.9 Å². The topological polar surface area (TPSA) is 71.4 Å². The van der Waals surface area contributed by atoms with Gasteiger partial charge in [-0.1, -0.05) is 6.92 Å². The number of nitrogens with zero attached hydrogens (tertiary/aromatic N) is 2. The largest absolute Gasteiger partial charge is 0.354 e. The summed E-state index contributed by atoms with van der Waals surface area (Å²) < 4.78 is 28.2. The van der Waals surface area contributed by atoms with Crippen LogP contribution in [0, 0.1) is 5.92 Å². The van der Waals surface area contributed by atoms with Gasteiger partial charge in [0.1, 0.15) is 10.6 Å². The second-order valence-electron chi connectivity index (χ2n) is 5.36. The summed E-state index contributed by atoms with van der Waals surface area (Å²) in [6.07, 6.45) is 3.44. The van der Waals surface area contributed by atoms with E-state index in [-0.39, 0.29) is 10.8 Å². The maximum absolute atomic E-state index is 12.6. The first-order chi connectivity index (χ1) is 9.36. The van der Waals surface area contributed by atoms with Crippen molar-refractivity contribution in [1.29, 1.82) is 0 Å². The number of carbonyl (C=O) groups is 1. The first-order valence-electron chi connectivity index (χ1n) is 6.75. The van der Waals surface area contributed by atoms with Gasteiger partial charge in [0.25, 0.3) is 5.91 Å². The summed E-state index contributed by atoms with van der Waals surface area (Å²) in [5, 5.41) is 2.51. The van der Waals surface area contributed by atoms with Gasteiger partial charge in [-0.25, -0.2) is 8.42 Å². The Labute approximate surface area is 119 Å². The van der Waals surface area contributed by atoms with Crippen molar-refractivity contribution in [2.24, 2.45) is 13.0 Å². The lowest BCUT2D eigenvalue weighted by Gasteiger charge is -2.29. The van der Waals surface area contributed by atoms with E-state index >= 15 is 0 Å². The number of hydrogen-bond donors (Lipinski definition) is 1. The molecule has 0 aliphatic carbocycles. The van der Waals surface area contributed by atoms with Crippen LogP contribution in [-0.4, -0.2) is 43.3 Å². The molecule has 1 unspecified atom stereocenters. The number of rotatable bonds is 3. The van der Waals surface area contributed by atoms with E-state index in [1.54, 1.807) is 11.6 Å². The molecule has 6 nitrogen and oxygen atoms in total. The molecule has 0 saturated carbocycles. The SMILES string of the molecule is CNC(=O)c1cc(S(=O)(=O)N2CCCC(C)C2)cn1C. The van der Waals surface area contributed by atoms with E-state index in [1.165, 1.54) is 23.6 Å². The van der Waals surface area contributed by atoms with E-state index in [0.717, 1.165) is 12.8 Å². The van der Waals surface area contributed by atoms with Crippen molar-refractivity contribution in [3.63, 3.8) is 0 Å². The van der Waals surface area contributed by atoms with Gasteiger partial charge in [-0.15, -0.1) is 0 Å². The van der Waals surface area contributed by atoms with Gasteiger partial charge in [0.15, 0.2) is 0 Å². The average molecular weight is 299 g/mol. The number of nitrogens with one attached hydrogen (secondary N) is 1. The molecule has 1 aromatic rings. The molecule has 1 N–H and O–H groups in total. The lowest BCUT2D eigenvalue weighted by atomic mass is 10.0. The molecular formula is C13H21N3O3S. The fourth-order valence-corrected chi connectivity index (χ4v) is 4.21. The van der Waals surface area contributed by atoms with Crippen LogP contribution in [0.5, 0.6) is 0 Å². The predicted molar refractivity (Wildman–Crippen MR) is 76.0 cm³/mol. The minimum absolute atomic E-state index is 0.188. The molecule has 1 saturated heterocycles. The van der Waals surface area contributed by atoms with Crippen LogP contribution in [0.2, 0.25) is 0 Å². The van der Waals surface area contributed by atoms with E-state index in [2.05, 4.69) is 12.2 Å². The number of sulfonamides is 1. The Bertz CT molecular complexity index is 606. The summed E-state index contributed by atoms with van der Waals surface area (Å²) in [4.78, 5) is 11.9. The molecule has 0 spiro atoms. The van der Waals surface area contributed by atoms with Crippen molar-refractivity contribution in [2.45, 2.75) is 24.7 Å². The van der Waals surface area contributed by atoms with Gasteiger partial charge >= 0.3 is 0 Å². The molecule has 1 amide bonds. The van der Waals surface area contributed by atoms with Crippen molar-refractivity contribution in [3.8, 4) is 0 Å². The molecular weight excluding hydrogens is 278 g/mol. The maximum atomic E-state index is 12.6. The minimum Gasteiger partial charge on any atom is -0.354 e. The maximum Gasteiger partial charge on any atom is 0.267 e. The Morgan fingerprint density at radius 2 is 2.15 bits per heavy atom. The highest BCUT2D eigenvalue weighted by Crippen LogP contribution is 2.24. The summed E-state index contributed by atoms with van der Waals surface area (Å²) in [7, 11) is -0.313. The zero-order valence-electron chi connectivity index (χ0n) is 12.1. The van der Waals surface area contributed by atoms with E-state index in [1.807, 2.05) is 0 Å². The third kappa shape index (κ3) is 2.73. The standard InChI is InChI=1S/C13H21N3O3S/c1-10-5-4-6-16(8-10)20(18,19)11-7-12(13(17)14-2)15(3)9-11/h7,9-10H,4-6,8H2,1-3H3,(H,14,17). The highest BCUT2D eigenvalue weighted by atomic mass is 32.2. The molecule has 2 rings (SSSR count). The summed E-state index contributed by atoms with van der Waals surface area (Å²) in [6.45, 7) is 3.16. The van der Waals surface area contributed by atoms with E-state index in [4.69, 9.17) is 0 Å². The van der Waals surface area contributed by atoms with Crippen LogP contribution >= 0.6 is 0 Å². The fraction of sp³-hybridized carbons (Fsp3) is 0.615. The van der Waals surface area contributed by atoms with Crippen LogP contribution in [0.25, 0.3) is 0 Å². The molecule has 112 valence electrons. The molecule has 0 aromatic carbocycles. The van der Waals surface area contributed by atoms with Gasteiger partial charge in [0.2, 0.25) is 10.0 Å². The monoisotopic (exact) mass is 299 g/mol. The van der Waals surface area contributed by atoms with E-state index in [9.17, 15) is 13.2 Å². The Balaban J connectivity index is 2.32. The Morgan fingerprint density at radius 1 is 1.45 bits per heavy atom. The molecule has 7 heteroatoms. The van der Waals surface area contributed by atoms with Crippen LogP contribution in [0.15, 0.2) is 17.2 Å². The van der Waals surface area contributed by atoms with Crippen LogP contribution in [0.1, 0.15) is 30.3 Å². The quantitative estimate of drug-likeness (QED) is 0.897. The number of piperidine rings is 1. The highest BCUT2D eigenvalue weighted by molar-refractivity contribution is 7.89. The van der Waals surface area contributed by atoms with Gasteiger partial charge in [0, 0.05) is 33.4 Å². The number of carbonyl (C=O) groups excluding carboxylic acids is 1. The predicted octanol–water partition coefficient (Wildman–Crippen LogP) is 0.805. The summed E-state index contributed by atoms with van der Waals surface area (Å²) in [5.74, 6) is 0.0848. The van der Waals surface area contributed by atoms with Gasteiger partial charge in [-0.3, -0.25) is 4.79 Å². The molecule has 1 atom stereocenters. The summed E-state index contributed by atoms with van der Waals surface area (Å²) in [6, 6.07) is 1.44. The molecule has 0 bridgehead atoms. The Kier molecular flexibility index (Phi) is 4.19. The fourth-order valence-electron chi connectivity index (χ4n) is 2.54. The van der Waals surface area contributed by atoms with Crippen molar-refractivity contribution < 1.29 is 13.2 Å². The average Bonchev–Trinajstić information content (AvgIpc) is 2.80. The first kappa shape index (κ1) is 15.1. The zero-order valence-corrected chi connectivity index (χ0v) is 12.9. The minimum atomic E-state index is -3.51. The van der Waals surface area contributed by atoms with E-state index in [0.29, 0.717) is 24.7 Å². The first-order valence-corrected chi connectivity index (χ1v) is 8.19. The van der Waals surface area contributed by atoms with Crippen LogP contribution < -0.4 is 5.32 Å². The molecule has 1 fully saturated rings. The van der Waals surface area contributed by atoms with Crippen molar-refractivity contribution in [2.75, 3.05) is 20.1 Å². The normalized spacial score (nSPS) is 20.9. The number of aryl methyl sites for hydroxylation is 1. The zero-order chi connectivity index (χ0) is 14.9. The molecule has 1 aliphatic heterocycles. The second kappa shape index (κ2) is 5.57. The van der Waals surface area contributed by atoms with Crippen molar-refractivity contribution in [1.82, 2.24) is 14.2 Å². The molecule has 1 aromatic heterocycles. The van der Waals surface area contributed by atoms with Gasteiger partial charge in [0.05, 0.1) is 0 Å². The second-order valence-corrected chi connectivity index (χ2v) is 7.30. The number of hydrogen-bond acceptors (Lipinski definition) is 3. The molecule has 2 heterocycles. The van der Waals surface area contributed by atoms with Crippen LogP contribution in [0.3, 0.4) is 0 Å². The number of aromatic nitrogens is 1. The van der Waals surface area contributed by atoms with Crippen LogP contribution in [-0.2, 0) is 17.1 Å². The van der Waals surface area contributed by atoms with E-state index < -0.39 is 10.0 Å². The smallest absolute Gasteiger partial charge is 0.267 e. The highest BCUT2D eigenvalue weighted by Gasteiger charge is 2.30. The number of amides is 1. The summed E-state index contributed by atoms with van der Waals surface area (Å²) in [5.41, 5.74) is 0.344. The Morgan fingerprint density at radius 3 is 2.75 bits per heavy atom. The summed E-state index contributed by atoms with van der Waals surface area (Å²) >= 11 is 0. The molecule has 1 aliphatic rings. The van der Waals surface area contributed by atoms with Gasteiger partial charge < -0.3 is 9.88 Å². The van der Waals surface area contributed by atoms with Gasteiger partial charge in [-0.05, 0) is 24.8 Å².